The lowest BCUT2D eigenvalue weighted by molar-refractivity contribution is -0.133. The van der Waals surface area contributed by atoms with E-state index >= 15 is 0 Å². The van der Waals surface area contributed by atoms with Crippen LogP contribution in [0.25, 0.3) is 79.5 Å². The van der Waals surface area contributed by atoms with Gasteiger partial charge in [-0.3, -0.25) is 9.59 Å². The summed E-state index contributed by atoms with van der Waals surface area (Å²) < 4.78 is 11.4. The van der Waals surface area contributed by atoms with E-state index in [1.165, 1.54) is 17.0 Å². The number of aromatic nitrogens is 6. The van der Waals surface area contributed by atoms with Crippen molar-refractivity contribution in [2.75, 3.05) is 40.9 Å². The highest BCUT2D eigenvalue weighted by atomic mass is 16.5. The molecular formula is C84H93N9O7. The summed E-state index contributed by atoms with van der Waals surface area (Å²) in [7, 11) is 5.10. The van der Waals surface area contributed by atoms with Gasteiger partial charge in [0, 0.05) is 67.5 Å². The van der Waals surface area contributed by atoms with E-state index in [1.54, 1.807) is 56.4 Å². The fourth-order valence-electron chi connectivity index (χ4n) is 11.2. The highest BCUT2D eigenvalue weighted by molar-refractivity contribution is 5.79. The minimum atomic E-state index is -0.521. The fourth-order valence-corrected chi connectivity index (χ4v) is 11.2. The zero-order valence-electron chi connectivity index (χ0n) is 60.0. The van der Waals surface area contributed by atoms with E-state index in [2.05, 4.69) is 82.2 Å². The number of hydrogen-bond donors (Lipinski definition) is 2. The van der Waals surface area contributed by atoms with Gasteiger partial charge >= 0.3 is 0 Å². The van der Waals surface area contributed by atoms with Crippen LogP contribution in [0.5, 0.6) is 23.0 Å². The maximum Gasteiger partial charge on any atom is 0.260 e. The first-order valence-electron chi connectivity index (χ1n) is 32.6. The van der Waals surface area contributed by atoms with Crippen LogP contribution in [0.2, 0.25) is 0 Å². The predicted molar refractivity (Wildman–Crippen MR) is 404 cm³/mol. The van der Waals surface area contributed by atoms with Crippen LogP contribution in [-0.2, 0) is 25.3 Å². The minimum absolute atomic E-state index is 0. The molecule has 0 saturated heterocycles. The largest absolute Gasteiger partial charge is 0.507 e. The summed E-state index contributed by atoms with van der Waals surface area (Å²) in [6.45, 7) is 36.4. The number of rotatable bonds is 19. The van der Waals surface area contributed by atoms with Crippen LogP contribution in [0, 0.1) is 55.4 Å². The Morgan fingerprint density at radius 1 is 0.460 bits per heavy atom. The molecule has 2 heterocycles. The Labute approximate surface area is 590 Å². The number of carbonyl (C=O) groups is 2. The van der Waals surface area contributed by atoms with Crippen LogP contribution in [0.4, 0.5) is 0 Å². The smallest absolute Gasteiger partial charge is 0.260 e. The van der Waals surface area contributed by atoms with Crippen LogP contribution in [0.15, 0.2) is 176 Å². The maximum absolute atomic E-state index is 13.1. The Kier molecular flexibility index (Phi) is 25.0. The summed E-state index contributed by atoms with van der Waals surface area (Å²) in [6, 6.07) is 50.5. The van der Waals surface area contributed by atoms with E-state index in [4.69, 9.17) is 39.4 Å². The zero-order valence-corrected chi connectivity index (χ0v) is 60.0. The van der Waals surface area contributed by atoms with Gasteiger partial charge in [0.05, 0.1) is 16.7 Å². The quantitative estimate of drug-likeness (QED) is 0.0571. The van der Waals surface area contributed by atoms with Gasteiger partial charge < -0.3 is 29.5 Å². The summed E-state index contributed by atoms with van der Waals surface area (Å²) in [4.78, 5) is 71.0. The van der Waals surface area contributed by atoms with Gasteiger partial charge in [0.25, 0.3) is 11.8 Å². The second-order valence-electron chi connectivity index (χ2n) is 26.7. The SMILES string of the molecule is C.C=C(C)c1cccc(C(C)(C)CN(C)C(=O)COc2ccc(-c3nc(-c4ccc(C)cc4C)nc(-c4ccc(C)cc4C)n3)c(O)c2)c1.C=C(C)c1cccc(C(C)(C)N=C=O)c1.Cc1ccc(-c2nc(-c3ccc(C)cc3C)nc(-c3ccc(OCC(=O)N(C)C)cc3O)n2)c(C)c1. The number of likely N-dealkylation sites (N-methyl/N-ethyl adjacent to an activating group) is 2. The molecule has 10 aromatic rings. The lowest BCUT2D eigenvalue weighted by Gasteiger charge is -2.31. The van der Waals surface area contributed by atoms with E-state index in [1.807, 2.05) is 154 Å². The second-order valence-corrected chi connectivity index (χ2v) is 26.7. The van der Waals surface area contributed by atoms with Crippen molar-refractivity contribution in [3.05, 3.63) is 238 Å². The van der Waals surface area contributed by atoms with Gasteiger partial charge in [0.1, 0.15) is 23.0 Å². The van der Waals surface area contributed by atoms with Crippen molar-refractivity contribution in [1.82, 2.24) is 39.7 Å². The van der Waals surface area contributed by atoms with Crippen molar-refractivity contribution in [3.63, 3.8) is 0 Å². The molecule has 0 saturated carbocycles. The van der Waals surface area contributed by atoms with Crippen LogP contribution in [-0.4, -0.2) is 109 Å². The van der Waals surface area contributed by atoms with Crippen molar-refractivity contribution in [2.45, 2.75) is 115 Å². The third-order valence-electron chi connectivity index (χ3n) is 17.0. The van der Waals surface area contributed by atoms with Crippen LogP contribution in [0.3, 0.4) is 0 Å². The van der Waals surface area contributed by atoms with Gasteiger partial charge in [0.15, 0.2) is 48.2 Å². The molecule has 0 fully saturated rings. The van der Waals surface area contributed by atoms with Crippen LogP contribution < -0.4 is 9.47 Å². The molecule has 16 heteroatoms. The number of carbonyl (C=O) groups excluding carboxylic acids is 3. The first-order chi connectivity index (χ1) is 46.8. The number of isocyanates is 1. The number of amides is 2. The van der Waals surface area contributed by atoms with E-state index in [0.717, 1.165) is 100 Å². The minimum Gasteiger partial charge on any atom is -0.507 e. The summed E-state index contributed by atoms with van der Waals surface area (Å²) in [5.41, 5.74) is 18.7. The first kappa shape index (κ1) is 76.2. The molecule has 0 bridgehead atoms. The van der Waals surface area contributed by atoms with Gasteiger partial charge in [-0.1, -0.05) is 183 Å². The first-order valence-corrected chi connectivity index (χ1v) is 32.6. The Morgan fingerprint density at radius 3 is 1.10 bits per heavy atom. The molecule has 0 aliphatic rings. The number of hydrogen-bond acceptors (Lipinski definition) is 14. The van der Waals surface area contributed by atoms with Crippen molar-refractivity contribution < 1.29 is 34.1 Å². The summed E-state index contributed by atoms with van der Waals surface area (Å²) in [5, 5.41) is 22.0. The molecule has 2 aromatic heterocycles. The van der Waals surface area contributed by atoms with Gasteiger partial charge in [-0.2, -0.15) is 4.99 Å². The van der Waals surface area contributed by atoms with E-state index in [-0.39, 0.29) is 49.4 Å². The molecule has 2 amide bonds. The van der Waals surface area contributed by atoms with E-state index in [9.17, 15) is 24.6 Å². The Balaban J connectivity index is 0.000000237. The van der Waals surface area contributed by atoms with Crippen molar-refractivity contribution >= 4 is 29.0 Å². The molecule has 516 valence electrons. The van der Waals surface area contributed by atoms with Crippen LogP contribution >= 0.6 is 0 Å². The number of phenolic OH excluding ortho intramolecular Hbond substituents is 2. The summed E-state index contributed by atoms with van der Waals surface area (Å²) >= 11 is 0. The van der Waals surface area contributed by atoms with Gasteiger partial charge in [-0.25, -0.2) is 34.7 Å². The highest BCUT2D eigenvalue weighted by Crippen LogP contribution is 2.37. The molecule has 0 aliphatic carbocycles. The third kappa shape index (κ3) is 19.3. The Morgan fingerprint density at radius 2 is 0.780 bits per heavy atom. The molecule has 0 radical (unpaired) electrons. The fraction of sp³-hybridized carbons (Fsp3) is 0.274. The van der Waals surface area contributed by atoms with Crippen LogP contribution in [0.1, 0.15) is 116 Å². The molecule has 10 rings (SSSR count). The number of aliphatic imine (C=N–C) groups is 1. The molecule has 2 N–H and O–H groups in total. The molecule has 100 heavy (non-hydrogen) atoms. The van der Waals surface area contributed by atoms with Gasteiger partial charge in [-0.05, 0) is 158 Å². The third-order valence-corrected chi connectivity index (χ3v) is 17.0. The topological polar surface area (TPSA) is 206 Å². The number of aryl methyl sites for hydroxylation is 8. The van der Waals surface area contributed by atoms with E-state index in [0.29, 0.717) is 64.1 Å². The van der Waals surface area contributed by atoms with Crippen molar-refractivity contribution in [1.29, 1.82) is 0 Å². The zero-order chi connectivity index (χ0) is 72.2. The maximum atomic E-state index is 13.1. The van der Waals surface area contributed by atoms with Gasteiger partial charge in [-0.15, -0.1) is 0 Å². The standard InChI is InChI=1S/C41H44N4O3.C29H30N4O3.C13H15NO.CH4/c1-25(2)30-11-10-12-31(21-30)41(7,8)24-45(9)37(47)23-48-32-15-18-35(36(46)22-32)40-43-38(33-16-13-26(3)19-28(33)5)42-39(44-40)34-17-14-27(4)20-29(34)6;1-17-7-10-22(19(3)13-17)27-30-28(23-11-8-18(2)14-20(23)4)32-29(31-27)24-12-9-21(15-25(24)34)36-16-26(35)33(5)6;1-10(2)11-6-5-7-12(8-11)13(3,4)14-9-15;/h10-22,46H,1,23-24H2,2-9H3;7-15,34H,16H2,1-6H3;5-8H,1H2,2-4H3;1H4. The number of allylic oxidation sites excluding steroid dienone is 2. The average molecular weight is 1340 g/mol. The average Bonchev–Trinajstić information content (AvgIpc) is 0.788. The summed E-state index contributed by atoms with van der Waals surface area (Å²) in [5.74, 6) is 3.09. The number of aromatic hydroxyl groups is 2. The molecule has 8 aromatic carbocycles. The number of benzene rings is 8. The van der Waals surface area contributed by atoms with Crippen molar-refractivity contribution in [2.24, 2.45) is 4.99 Å². The molecule has 16 nitrogen and oxygen atoms in total. The normalized spacial score (nSPS) is 10.9. The number of nitrogens with zero attached hydrogens (tertiary/aromatic N) is 9. The molecular weight excluding hydrogens is 1250 g/mol. The Hall–Kier alpha value is -11.2. The Bertz CT molecular complexity index is 4600. The lowest BCUT2D eigenvalue weighted by atomic mass is 9.83. The monoisotopic (exact) mass is 1340 g/mol. The predicted octanol–water partition coefficient (Wildman–Crippen LogP) is 17.9. The summed E-state index contributed by atoms with van der Waals surface area (Å²) in [6.07, 6.45) is 1.61. The molecule has 0 atom stereocenters. The molecule has 0 aliphatic heterocycles. The highest BCUT2D eigenvalue weighted by Gasteiger charge is 2.27. The number of phenols is 2. The van der Waals surface area contributed by atoms with Gasteiger partial charge in [0.2, 0.25) is 6.08 Å². The molecule has 0 spiro atoms. The van der Waals surface area contributed by atoms with Crippen molar-refractivity contribution in [3.8, 4) is 91.3 Å². The lowest BCUT2D eigenvalue weighted by Crippen LogP contribution is -2.40. The van der Waals surface area contributed by atoms with E-state index < -0.39 is 5.54 Å². The molecule has 0 unspecified atom stereocenters. The number of ether oxygens (including phenoxy) is 2. The second kappa shape index (κ2) is 32.9.